The van der Waals surface area contributed by atoms with Gasteiger partial charge in [-0.25, -0.2) is 24.1 Å². The summed E-state index contributed by atoms with van der Waals surface area (Å²) in [5.41, 5.74) is 3.53. The molecule has 9 nitrogen and oxygen atoms in total. The van der Waals surface area contributed by atoms with Gasteiger partial charge in [-0.3, -0.25) is 0 Å². The number of imidazole rings is 1. The van der Waals surface area contributed by atoms with Crippen LogP contribution in [0.25, 0.3) is 28.0 Å². The molecule has 35 heavy (non-hydrogen) atoms. The zero-order chi connectivity index (χ0) is 24.6. The van der Waals surface area contributed by atoms with Gasteiger partial charge < -0.3 is 25.5 Å². The lowest BCUT2D eigenvalue weighted by molar-refractivity contribution is 0.193. The summed E-state index contributed by atoms with van der Waals surface area (Å²) >= 11 is 0. The second-order valence-corrected chi connectivity index (χ2v) is 9.53. The number of nitrogens with one attached hydrogen (secondary N) is 4. The number of H-pyrrole nitrogens is 2. The Hall–Kier alpha value is -4.21. The highest BCUT2D eigenvalue weighted by atomic mass is 19.1. The number of aromatic nitrogens is 5. The molecule has 4 heterocycles. The highest BCUT2D eigenvalue weighted by Gasteiger charge is 2.22. The zero-order valence-corrected chi connectivity index (χ0v) is 19.8. The first-order chi connectivity index (χ1) is 16.8. The van der Waals surface area contributed by atoms with Crippen LogP contribution in [0.15, 0.2) is 49.1 Å². The smallest absolute Gasteiger partial charge is 0.318 e. The van der Waals surface area contributed by atoms with Crippen molar-refractivity contribution in [1.82, 2.24) is 35.1 Å². The van der Waals surface area contributed by atoms with Crippen LogP contribution in [0, 0.1) is 5.82 Å². The number of urea groups is 1. The third-order valence-corrected chi connectivity index (χ3v) is 5.73. The first-order valence-electron chi connectivity index (χ1n) is 11.4. The molecule has 0 spiro atoms. The minimum absolute atomic E-state index is 0.0602. The van der Waals surface area contributed by atoms with Crippen LogP contribution >= 0.6 is 0 Å². The first-order valence-corrected chi connectivity index (χ1v) is 11.4. The lowest BCUT2D eigenvalue weighted by Gasteiger charge is -2.30. The van der Waals surface area contributed by atoms with Gasteiger partial charge in [0.05, 0.1) is 10.9 Å². The molecule has 10 heteroatoms. The monoisotopic (exact) mass is 474 g/mol. The molecule has 180 valence electrons. The number of carbonyl (C=O) groups excluding carboxylic acids is 1. The van der Waals surface area contributed by atoms with Gasteiger partial charge in [-0.15, -0.1) is 0 Å². The van der Waals surface area contributed by atoms with E-state index in [9.17, 15) is 9.18 Å². The predicted molar refractivity (Wildman–Crippen MR) is 134 cm³/mol. The van der Waals surface area contributed by atoms with E-state index in [0.717, 1.165) is 23.1 Å². The minimum Gasteiger partial charge on any atom is -0.345 e. The van der Waals surface area contributed by atoms with Crippen molar-refractivity contribution in [2.75, 3.05) is 18.4 Å². The molecule has 5 rings (SSSR count). The van der Waals surface area contributed by atoms with Crippen molar-refractivity contribution in [2.24, 2.45) is 0 Å². The van der Waals surface area contributed by atoms with E-state index in [2.05, 4.69) is 41.6 Å². The standard InChI is InChI=1S/C25H27FN8O/c1-25(2,3)33-24(35)34-10-6-15(7-11-34)20-13-18-22(29-14-30-23(18)32-20)31-16-4-5-19(26)17(12-16)21-27-8-9-28-21/h4-6,8-9,12-14H,7,10-11H2,1-3H3,(H,27,28)(H,33,35)(H2,29,30,31,32). The van der Waals surface area contributed by atoms with Gasteiger partial charge in [-0.05, 0) is 57.0 Å². The summed E-state index contributed by atoms with van der Waals surface area (Å²) < 4.78 is 14.3. The fourth-order valence-electron chi connectivity index (χ4n) is 4.04. The Morgan fingerprint density at radius 3 is 2.74 bits per heavy atom. The van der Waals surface area contributed by atoms with Crippen molar-refractivity contribution in [3.8, 4) is 11.4 Å². The third-order valence-electron chi connectivity index (χ3n) is 5.73. The van der Waals surface area contributed by atoms with E-state index in [1.54, 1.807) is 29.4 Å². The number of anilines is 2. The maximum Gasteiger partial charge on any atom is 0.318 e. The molecule has 0 saturated heterocycles. The van der Waals surface area contributed by atoms with Crippen LogP contribution in [0.1, 0.15) is 32.9 Å². The van der Waals surface area contributed by atoms with Crippen molar-refractivity contribution in [2.45, 2.75) is 32.7 Å². The molecule has 1 aliphatic heterocycles. The highest BCUT2D eigenvalue weighted by Crippen LogP contribution is 2.30. The Morgan fingerprint density at radius 1 is 1.17 bits per heavy atom. The SMILES string of the molecule is CC(C)(C)NC(=O)N1CC=C(c2cc3c(Nc4ccc(F)c(-c5ncc[nH]5)c4)ncnc3[nH]2)CC1. The number of hydrogen-bond donors (Lipinski definition) is 4. The van der Waals surface area contributed by atoms with E-state index in [0.29, 0.717) is 41.6 Å². The van der Waals surface area contributed by atoms with Crippen molar-refractivity contribution < 1.29 is 9.18 Å². The predicted octanol–water partition coefficient (Wildman–Crippen LogP) is 4.83. The number of amides is 2. The van der Waals surface area contributed by atoms with E-state index in [-0.39, 0.29) is 17.4 Å². The van der Waals surface area contributed by atoms with Gasteiger partial charge in [0, 0.05) is 42.4 Å². The zero-order valence-electron chi connectivity index (χ0n) is 19.8. The number of fused-ring (bicyclic) bond motifs is 1. The van der Waals surface area contributed by atoms with E-state index in [1.807, 2.05) is 26.8 Å². The van der Waals surface area contributed by atoms with Crippen LogP contribution in [0.5, 0.6) is 0 Å². The Labute approximate surface area is 201 Å². The average Bonchev–Trinajstić information content (AvgIpc) is 3.50. The normalized spacial score (nSPS) is 14.2. The summed E-state index contributed by atoms with van der Waals surface area (Å²) in [4.78, 5) is 33.5. The highest BCUT2D eigenvalue weighted by molar-refractivity contribution is 5.92. The summed E-state index contributed by atoms with van der Waals surface area (Å²) in [5, 5.41) is 7.10. The molecule has 0 aliphatic carbocycles. The lowest BCUT2D eigenvalue weighted by Crippen LogP contribution is -2.49. The second-order valence-electron chi connectivity index (χ2n) is 9.53. The largest absolute Gasteiger partial charge is 0.345 e. The fourth-order valence-corrected chi connectivity index (χ4v) is 4.04. The molecule has 3 aromatic heterocycles. The van der Waals surface area contributed by atoms with Gasteiger partial charge in [0.2, 0.25) is 0 Å². The van der Waals surface area contributed by atoms with Gasteiger partial charge >= 0.3 is 6.03 Å². The molecule has 0 unspecified atom stereocenters. The summed E-state index contributed by atoms with van der Waals surface area (Å²) in [6.07, 6.45) is 7.51. The topological polar surface area (TPSA) is 115 Å². The Balaban J connectivity index is 1.37. The third kappa shape index (κ3) is 4.86. The van der Waals surface area contributed by atoms with Gasteiger partial charge in [-0.2, -0.15) is 0 Å². The molecule has 4 N–H and O–H groups in total. The van der Waals surface area contributed by atoms with Crippen LogP contribution in [0.2, 0.25) is 0 Å². The molecular weight excluding hydrogens is 447 g/mol. The van der Waals surface area contributed by atoms with Crippen LogP contribution in [0.4, 0.5) is 20.7 Å². The van der Waals surface area contributed by atoms with Crippen molar-refractivity contribution in [3.05, 3.63) is 60.6 Å². The Bertz CT molecular complexity index is 1400. The molecule has 0 bridgehead atoms. The fraction of sp³-hybridized carbons (Fsp3) is 0.280. The van der Waals surface area contributed by atoms with Crippen molar-refractivity contribution in [3.63, 3.8) is 0 Å². The van der Waals surface area contributed by atoms with Gasteiger partial charge in [0.1, 0.15) is 29.4 Å². The van der Waals surface area contributed by atoms with Gasteiger partial charge in [0.25, 0.3) is 0 Å². The number of hydrogen-bond acceptors (Lipinski definition) is 5. The van der Waals surface area contributed by atoms with Crippen LogP contribution in [0.3, 0.4) is 0 Å². The van der Waals surface area contributed by atoms with Crippen LogP contribution in [-0.2, 0) is 0 Å². The Kier molecular flexibility index (Phi) is 5.72. The number of benzene rings is 1. The van der Waals surface area contributed by atoms with Crippen LogP contribution in [-0.4, -0.2) is 54.5 Å². The molecule has 0 radical (unpaired) electrons. The molecule has 1 aromatic carbocycles. The van der Waals surface area contributed by atoms with Gasteiger partial charge in [0.15, 0.2) is 0 Å². The minimum atomic E-state index is -0.364. The first kappa shape index (κ1) is 22.6. The summed E-state index contributed by atoms with van der Waals surface area (Å²) in [6, 6.07) is 6.69. The van der Waals surface area contributed by atoms with E-state index < -0.39 is 0 Å². The lowest BCUT2D eigenvalue weighted by atomic mass is 10.0. The summed E-state index contributed by atoms with van der Waals surface area (Å²) in [6.45, 7) is 7.07. The number of carbonyl (C=O) groups is 1. The average molecular weight is 475 g/mol. The van der Waals surface area contributed by atoms with E-state index in [1.165, 1.54) is 12.4 Å². The number of aromatic amines is 2. The molecule has 1 aliphatic rings. The molecule has 0 atom stereocenters. The maximum atomic E-state index is 14.3. The Morgan fingerprint density at radius 2 is 2.03 bits per heavy atom. The number of rotatable bonds is 4. The number of halogens is 1. The quantitative estimate of drug-likeness (QED) is 0.338. The molecular formula is C25H27FN8O. The second kappa shape index (κ2) is 8.86. The maximum absolute atomic E-state index is 14.3. The van der Waals surface area contributed by atoms with Crippen LogP contribution < -0.4 is 10.6 Å². The molecule has 4 aromatic rings. The molecule has 0 fully saturated rings. The van der Waals surface area contributed by atoms with Crippen molar-refractivity contribution in [1.29, 1.82) is 0 Å². The van der Waals surface area contributed by atoms with Crippen molar-refractivity contribution >= 4 is 34.1 Å². The van der Waals surface area contributed by atoms with Gasteiger partial charge in [-0.1, -0.05) is 6.08 Å². The summed E-state index contributed by atoms with van der Waals surface area (Å²) in [7, 11) is 0. The summed E-state index contributed by atoms with van der Waals surface area (Å²) in [5.74, 6) is 0.700. The van der Waals surface area contributed by atoms with E-state index in [4.69, 9.17) is 0 Å². The molecule has 0 saturated carbocycles. The van der Waals surface area contributed by atoms with E-state index >= 15 is 0 Å². The molecule has 2 amide bonds. The number of nitrogens with zero attached hydrogens (tertiary/aromatic N) is 4.